The highest BCUT2D eigenvalue weighted by atomic mass is 16.5. The van der Waals surface area contributed by atoms with Crippen molar-refractivity contribution < 1.29 is 13.9 Å². The van der Waals surface area contributed by atoms with E-state index < -0.39 is 0 Å². The summed E-state index contributed by atoms with van der Waals surface area (Å²) in [6.45, 7) is 6.77. The molecule has 0 bridgehead atoms. The molecular formula is C23H28N4O3. The van der Waals surface area contributed by atoms with Crippen molar-refractivity contribution in [2.45, 2.75) is 19.5 Å². The zero-order valence-corrected chi connectivity index (χ0v) is 17.7. The van der Waals surface area contributed by atoms with Crippen LogP contribution in [0.3, 0.4) is 0 Å². The smallest absolute Gasteiger partial charge is 0.247 e. The zero-order chi connectivity index (χ0) is 20.9. The Hall–Kier alpha value is -2.90. The second-order valence-corrected chi connectivity index (χ2v) is 7.48. The lowest BCUT2D eigenvalue weighted by molar-refractivity contribution is 0.0871. The maximum Gasteiger partial charge on any atom is 0.247 e. The van der Waals surface area contributed by atoms with Crippen molar-refractivity contribution in [3.63, 3.8) is 0 Å². The van der Waals surface area contributed by atoms with Gasteiger partial charge in [0.05, 0.1) is 20.3 Å². The molecule has 1 aliphatic rings. The third-order valence-electron chi connectivity index (χ3n) is 5.65. The summed E-state index contributed by atoms with van der Waals surface area (Å²) in [7, 11) is 3.39. The first-order chi connectivity index (χ1) is 14.7. The summed E-state index contributed by atoms with van der Waals surface area (Å²) in [5, 5.41) is 8.52. The van der Waals surface area contributed by atoms with Crippen LogP contribution in [0.4, 0.5) is 0 Å². The van der Waals surface area contributed by atoms with E-state index in [1.54, 1.807) is 14.2 Å². The van der Waals surface area contributed by atoms with Crippen molar-refractivity contribution in [3.8, 4) is 23.0 Å². The summed E-state index contributed by atoms with van der Waals surface area (Å²) in [5.74, 6) is 2.98. The predicted octanol–water partition coefficient (Wildman–Crippen LogP) is 3.63. The van der Waals surface area contributed by atoms with E-state index in [2.05, 4.69) is 33.0 Å². The molecule has 158 valence electrons. The fourth-order valence-electron chi connectivity index (χ4n) is 3.81. The topological polar surface area (TPSA) is 63.9 Å². The fraction of sp³-hybridized carbons (Fsp3) is 0.391. The minimum Gasteiger partial charge on any atom is -0.497 e. The SMILES string of the molecule is COc1ccc(OC)c(CN2CCN(C(C)c3nnc(-c4ccccc4)o3)CC2)c1. The van der Waals surface area contributed by atoms with E-state index in [1.807, 2.05) is 42.5 Å². The molecule has 1 saturated heterocycles. The Labute approximate surface area is 177 Å². The first-order valence-electron chi connectivity index (χ1n) is 10.2. The molecule has 1 unspecified atom stereocenters. The Morgan fingerprint density at radius 1 is 0.967 bits per heavy atom. The van der Waals surface area contributed by atoms with Gasteiger partial charge in [-0.05, 0) is 37.3 Å². The summed E-state index contributed by atoms with van der Waals surface area (Å²) in [5.41, 5.74) is 2.09. The maximum absolute atomic E-state index is 5.96. The summed E-state index contributed by atoms with van der Waals surface area (Å²) >= 11 is 0. The normalized spacial score (nSPS) is 16.4. The fourth-order valence-corrected chi connectivity index (χ4v) is 3.81. The third-order valence-corrected chi connectivity index (χ3v) is 5.65. The van der Waals surface area contributed by atoms with E-state index >= 15 is 0 Å². The molecule has 3 aromatic rings. The van der Waals surface area contributed by atoms with Gasteiger partial charge in [-0.25, -0.2) is 0 Å². The van der Waals surface area contributed by atoms with Crippen molar-refractivity contribution in [2.24, 2.45) is 0 Å². The van der Waals surface area contributed by atoms with Crippen LogP contribution in [0.2, 0.25) is 0 Å². The number of rotatable bonds is 7. The molecule has 0 radical (unpaired) electrons. The molecule has 0 saturated carbocycles. The molecule has 1 fully saturated rings. The highest BCUT2D eigenvalue weighted by molar-refractivity contribution is 5.51. The number of hydrogen-bond donors (Lipinski definition) is 0. The van der Waals surface area contributed by atoms with E-state index in [1.165, 1.54) is 0 Å². The number of nitrogens with zero attached hydrogens (tertiary/aromatic N) is 4. The van der Waals surface area contributed by atoms with Crippen LogP contribution in [0, 0.1) is 0 Å². The molecular weight excluding hydrogens is 380 g/mol. The summed E-state index contributed by atoms with van der Waals surface area (Å²) in [6.07, 6.45) is 0. The van der Waals surface area contributed by atoms with Gasteiger partial charge in [-0.1, -0.05) is 18.2 Å². The molecule has 2 aromatic carbocycles. The number of methoxy groups -OCH3 is 2. The van der Waals surface area contributed by atoms with E-state index in [0.717, 1.165) is 55.3 Å². The largest absolute Gasteiger partial charge is 0.497 e. The Balaban J connectivity index is 1.36. The Bertz CT molecular complexity index is 952. The molecule has 30 heavy (non-hydrogen) atoms. The molecule has 7 heteroatoms. The molecule has 2 heterocycles. The quantitative estimate of drug-likeness (QED) is 0.591. The lowest BCUT2D eigenvalue weighted by atomic mass is 10.1. The van der Waals surface area contributed by atoms with Gasteiger partial charge in [-0.2, -0.15) is 0 Å². The van der Waals surface area contributed by atoms with Gasteiger partial charge in [0.2, 0.25) is 11.8 Å². The van der Waals surface area contributed by atoms with Crippen LogP contribution in [0.5, 0.6) is 11.5 Å². The van der Waals surface area contributed by atoms with Crippen molar-refractivity contribution in [2.75, 3.05) is 40.4 Å². The van der Waals surface area contributed by atoms with Gasteiger partial charge < -0.3 is 13.9 Å². The number of piperazine rings is 1. The van der Waals surface area contributed by atoms with Crippen molar-refractivity contribution in [1.29, 1.82) is 0 Å². The van der Waals surface area contributed by atoms with Gasteiger partial charge in [0, 0.05) is 43.9 Å². The van der Waals surface area contributed by atoms with Crippen LogP contribution in [-0.2, 0) is 6.54 Å². The van der Waals surface area contributed by atoms with E-state index in [4.69, 9.17) is 13.9 Å². The third kappa shape index (κ3) is 4.47. The molecule has 0 spiro atoms. The van der Waals surface area contributed by atoms with Gasteiger partial charge in [-0.15, -0.1) is 10.2 Å². The second-order valence-electron chi connectivity index (χ2n) is 7.48. The lowest BCUT2D eigenvalue weighted by Crippen LogP contribution is -2.46. The molecule has 1 aliphatic heterocycles. The maximum atomic E-state index is 5.96. The number of hydrogen-bond acceptors (Lipinski definition) is 7. The number of benzene rings is 2. The van der Waals surface area contributed by atoms with Gasteiger partial charge >= 0.3 is 0 Å². The van der Waals surface area contributed by atoms with Gasteiger partial charge in [0.15, 0.2) is 0 Å². The van der Waals surface area contributed by atoms with Gasteiger partial charge in [0.1, 0.15) is 11.5 Å². The molecule has 0 amide bonds. The number of ether oxygens (including phenoxy) is 2. The van der Waals surface area contributed by atoms with Crippen LogP contribution >= 0.6 is 0 Å². The van der Waals surface area contributed by atoms with Crippen LogP contribution in [0.15, 0.2) is 52.9 Å². The predicted molar refractivity (Wildman–Crippen MR) is 115 cm³/mol. The lowest BCUT2D eigenvalue weighted by Gasteiger charge is -2.37. The molecule has 7 nitrogen and oxygen atoms in total. The van der Waals surface area contributed by atoms with Gasteiger partial charge in [-0.3, -0.25) is 9.80 Å². The first kappa shape index (κ1) is 20.4. The average Bonchev–Trinajstić information content (AvgIpc) is 3.30. The standard InChI is InChI=1S/C23H28N4O3/c1-17(22-24-25-23(30-22)18-7-5-4-6-8-18)27-13-11-26(12-14-27)16-19-15-20(28-2)9-10-21(19)29-3/h4-10,15,17H,11-14,16H2,1-3H3. The van der Waals surface area contributed by atoms with Crippen LogP contribution in [-0.4, -0.2) is 60.4 Å². The summed E-state index contributed by atoms with van der Waals surface area (Å²) in [4.78, 5) is 4.82. The second kappa shape index (κ2) is 9.28. The van der Waals surface area contributed by atoms with Gasteiger partial charge in [0.25, 0.3) is 0 Å². The summed E-state index contributed by atoms with van der Waals surface area (Å²) < 4.78 is 16.8. The van der Waals surface area contributed by atoms with Crippen LogP contribution in [0.25, 0.3) is 11.5 Å². The van der Waals surface area contributed by atoms with E-state index in [9.17, 15) is 0 Å². The molecule has 0 aliphatic carbocycles. The van der Waals surface area contributed by atoms with Crippen molar-refractivity contribution in [1.82, 2.24) is 20.0 Å². The van der Waals surface area contributed by atoms with Crippen molar-refractivity contribution >= 4 is 0 Å². The Morgan fingerprint density at radius 3 is 2.43 bits per heavy atom. The summed E-state index contributed by atoms with van der Waals surface area (Å²) in [6, 6.07) is 15.9. The Morgan fingerprint density at radius 2 is 1.73 bits per heavy atom. The van der Waals surface area contributed by atoms with Crippen molar-refractivity contribution in [3.05, 3.63) is 60.0 Å². The Kier molecular flexibility index (Phi) is 6.30. The highest BCUT2D eigenvalue weighted by Gasteiger charge is 2.26. The minimum atomic E-state index is 0.0865. The minimum absolute atomic E-state index is 0.0865. The average molecular weight is 409 g/mol. The highest BCUT2D eigenvalue weighted by Crippen LogP contribution is 2.27. The van der Waals surface area contributed by atoms with E-state index in [0.29, 0.717) is 11.8 Å². The van der Waals surface area contributed by atoms with Crippen LogP contribution < -0.4 is 9.47 Å². The monoisotopic (exact) mass is 408 g/mol. The number of aromatic nitrogens is 2. The molecule has 4 rings (SSSR count). The zero-order valence-electron chi connectivity index (χ0n) is 17.7. The first-order valence-corrected chi connectivity index (χ1v) is 10.2. The van der Waals surface area contributed by atoms with E-state index in [-0.39, 0.29) is 6.04 Å². The molecule has 0 N–H and O–H groups in total. The molecule has 1 aromatic heterocycles. The van der Waals surface area contributed by atoms with Crippen LogP contribution in [0.1, 0.15) is 24.4 Å². The molecule has 1 atom stereocenters.